The van der Waals surface area contributed by atoms with Crippen LogP contribution in [0.15, 0.2) is 24.3 Å². The predicted octanol–water partition coefficient (Wildman–Crippen LogP) is 2.91. The Labute approximate surface area is 132 Å². The molecule has 0 atom stereocenters. The third-order valence-electron chi connectivity index (χ3n) is 2.67. The summed E-state index contributed by atoms with van der Waals surface area (Å²) in [4.78, 5) is 11.8. The first kappa shape index (κ1) is 16.0. The van der Waals surface area contributed by atoms with Crippen molar-refractivity contribution in [3.63, 3.8) is 0 Å². The van der Waals surface area contributed by atoms with Crippen LogP contribution in [-0.2, 0) is 4.79 Å². The third-order valence-corrected chi connectivity index (χ3v) is 3.42. The van der Waals surface area contributed by atoms with Crippen molar-refractivity contribution in [1.29, 1.82) is 0 Å². The van der Waals surface area contributed by atoms with Gasteiger partial charge in [0.15, 0.2) is 11.5 Å². The third kappa shape index (κ3) is 4.29. The summed E-state index contributed by atoms with van der Waals surface area (Å²) >= 11 is 1.33. The van der Waals surface area contributed by atoms with Gasteiger partial charge in [-0.3, -0.25) is 10.1 Å². The average molecular weight is 319 g/mol. The van der Waals surface area contributed by atoms with E-state index in [0.717, 1.165) is 10.6 Å². The molecule has 0 aliphatic carbocycles. The molecule has 7 heteroatoms. The predicted molar refractivity (Wildman–Crippen MR) is 86.5 cm³/mol. The minimum atomic E-state index is -0.260. The van der Waals surface area contributed by atoms with Crippen LogP contribution in [0.1, 0.15) is 17.5 Å². The number of nitrogens with one attached hydrogen (secondary N) is 1. The molecule has 0 radical (unpaired) electrons. The van der Waals surface area contributed by atoms with Gasteiger partial charge in [-0.05, 0) is 37.6 Å². The van der Waals surface area contributed by atoms with E-state index in [1.54, 1.807) is 13.2 Å². The number of rotatable bonds is 6. The van der Waals surface area contributed by atoms with Gasteiger partial charge >= 0.3 is 0 Å². The largest absolute Gasteiger partial charge is 0.493 e. The van der Waals surface area contributed by atoms with Crippen LogP contribution in [0.3, 0.4) is 0 Å². The Morgan fingerprint density at radius 1 is 1.36 bits per heavy atom. The Morgan fingerprint density at radius 3 is 2.82 bits per heavy atom. The number of hydrogen-bond acceptors (Lipinski definition) is 6. The summed E-state index contributed by atoms with van der Waals surface area (Å²) < 4.78 is 10.7. The summed E-state index contributed by atoms with van der Waals surface area (Å²) in [5.41, 5.74) is 0.837. The van der Waals surface area contributed by atoms with Crippen molar-refractivity contribution in [3.05, 3.63) is 34.8 Å². The van der Waals surface area contributed by atoms with Crippen LogP contribution in [0.2, 0.25) is 0 Å². The number of methoxy groups -OCH3 is 1. The molecule has 22 heavy (non-hydrogen) atoms. The number of carbonyl (C=O) groups is 1. The molecule has 1 amide bonds. The van der Waals surface area contributed by atoms with E-state index in [4.69, 9.17) is 9.47 Å². The molecular weight excluding hydrogens is 302 g/mol. The number of ether oxygens (including phenoxy) is 2. The quantitative estimate of drug-likeness (QED) is 0.829. The van der Waals surface area contributed by atoms with Crippen LogP contribution in [0.4, 0.5) is 5.13 Å². The molecule has 0 saturated carbocycles. The highest BCUT2D eigenvalue weighted by Gasteiger charge is 2.05. The smallest absolute Gasteiger partial charge is 0.250 e. The van der Waals surface area contributed by atoms with Gasteiger partial charge in [-0.15, -0.1) is 10.2 Å². The van der Waals surface area contributed by atoms with Crippen molar-refractivity contribution in [2.24, 2.45) is 0 Å². The van der Waals surface area contributed by atoms with Crippen molar-refractivity contribution >= 4 is 28.5 Å². The molecule has 0 unspecified atom stereocenters. The number of aromatic nitrogens is 2. The van der Waals surface area contributed by atoms with Crippen LogP contribution in [0, 0.1) is 6.92 Å². The lowest BCUT2D eigenvalue weighted by Gasteiger charge is -2.09. The molecule has 0 saturated heterocycles. The molecule has 0 aliphatic rings. The minimum absolute atomic E-state index is 0.260. The van der Waals surface area contributed by atoms with Crippen LogP contribution in [-0.4, -0.2) is 29.8 Å². The van der Waals surface area contributed by atoms with E-state index in [1.807, 2.05) is 32.0 Å². The molecule has 116 valence electrons. The van der Waals surface area contributed by atoms with E-state index >= 15 is 0 Å². The van der Waals surface area contributed by atoms with Gasteiger partial charge < -0.3 is 9.47 Å². The van der Waals surface area contributed by atoms with Crippen molar-refractivity contribution in [1.82, 2.24) is 10.2 Å². The number of amides is 1. The fraction of sp³-hybridized carbons (Fsp3) is 0.267. The van der Waals surface area contributed by atoms with Crippen LogP contribution in [0.5, 0.6) is 11.5 Å². The van der Waals surface area contributed by atoms with Crippen molar-refractivity contribution < 1.29 is 14.3 Å². The second-order valence-corrected chi connectivity index (χ2v) is 5.47. The highest BCUT2D eigenvalue weighted by atomic mass is 32.1. The van der Waals surface area contributed by atoms with E-state index in [2.05, 4.69) is 15.5 Å². The summed E-state index contributed by atoms with van der Waals surface area (Å²) in [6.07, 6.45) is 3.13. The summed E-state index contributed by atoms with van der Waals surface area (Å²) in [5, 5.41) is 11.6. The molecule has 2 aromatic rings. The summed E-state index contributed by atoms with van der Waals surface area (Å²) in [6, 6.07) is 5.48. The van der Waals surface area contributed by atoms with Gasteiger partial charge in [0, 0.05) is 6.08 Å². The Hall–Kier alpha value is -2.41. The number of hydrogen-bond donors (Lipinski definition) is 1. The fourth-order valence-corrected chi connectivity index (χ4v) is 2.32. The summed E-state index contributed by atoms with van der Waals surface area (Å²) in [6.45, 7) is 4.30. The Bertz CT molecular complexity index is 682. The zero-order valence-corrected chi connectivity index (χ0v) is 13.4. The normalized spacial score (nSPS) is 10.7. The molecular formula is C15H17N3O3S. The van der Waals surface area contributed by atoms with Gasteiger partial charge in [0.2, 0.25) is 11.0 Å². The molecule has 2 rings (SSSR count). The Kier molecular flexibility index (Phi) is 5.48. The van der Waals surface area contributed by atoms with E-state index in [9.17, 15) is 4.79 Å². The number of carbonyl (C=O) groups excluding carboxylic acids is 1. The first-order valence-corrected chi connectivity index (χ1v) is 7.54. The van der Waals surface area contributed by atoms with Crippen molar-refractivity contribution in [3.8, 4) is 11.5 Å². The molecule has 0 fully saturated rings. The summed E-state index contributed by atoms with van der Waals surface area (Å²) in [5.74, 6) is 1.05. The maximum atomic E-state index is 11.8. The molecule has 0 aliphatic heterocycles. The highest BCUT2D eigenvalue weighted by molar-refractivity contribution is 7.15. The molecule has 1 aromatic carbocycles. The van der Waals surface area contributed by atoms with E-state index in [0.29, 0.717) is 23.2 Å². The van der Waals surface area contributed by atoms with Crippen molar-refractivity contribution in [2.45, 2.75) is 13.8 Å². The first-order valence-electron chi connectivity index (χ1n) is 6.72. The standard InChI is InChI=1S/C15H17N3O3S/c1-4-21-12-7-5-11(9-13(12)20-3)6-8-14(19)16-15-18-17-10(2)22-15/h5-9H,4H2,1-3H3,(H,16,18,19)/b8-6+. The number of anilines is 1. The SMILES string of the molecule is CCOc1ccc(/C=C/C(=O)Nc2nnc(C)s2)cc1OC. The van der Waals surface area contributed by atoms with Gasteiger partial charge in [0.1, 0.15) is 5.01 Å². The molecule has 1 heterocycles. The second-order valence-electron chi connectivity index (χ2n) is 4.29. The van der Waals surface area contributed by atoms with Crippen LogP contribution >= 0.6 is 11.3 Å². The van der Waals surface area contributed by atoms with Gasteiger partial charge in [-0.1, -0.05) is 17.4 Å². The lowest BCUT2D eigenvalue weighted by Crippen LogP contribution is -2.07. The number of nitrogens with zero attached hydrogens (tertiary/aromatic N) is 2. The molecule has 6 nitrogen and oxygen atoms in total. The Balaban J connectivity index is 2.04. The molecule has 0 bridgehead atoms. The maximum absolute atomic E-state index is 11.8. The highest BCUT2D eigenvalue weighted by Crippen LogP contribution is 2.28. The lowest BCUT2D eigenvalue weighted by atomic mass is 10.2. The fourth-order valence-electron chi connectivity index (χ4n) is 1.73. The molecule has 1 N–H and O–H groups in total. The minimum Gasteiger partial charge on any atom is -0.493 e. The van der Waals surface area contributed by atoms with Gasteiger partial charge in [0.05, 0.1) is 13.7 Å². The van der Waals surface area contributed by atoms with Gasteiger partial charge in [0.25, 0.3) is 0 Å². The van der Waals surface area contributed by atoms with E-state index in [1.165, 1.54) is 17.4 Å². The van der Waals surface area contributed by atoms with Crippen LogP contribution in [0.25, 0.3) is 6.08 Å². The van der Waals surface area contributed by atoms with Crippen molar-refractivity contribution in [2.75, 3.05) is 19.0 Å². The molecule has 0 spiro atoms. The Morgan fingerprint density at radius 2 is 2.18 bits per heavy atom. The number of aryl methyl sites for hydroxylation is 1. The first-order chi connectivity index (χ1) is 10.6. The topological polar surface area (TPSA) is 73.3 Å². The number of benzene rings is 1. The zero-order chi connectivity index (χ0) is 15.9. The van der Waals surface area contributed by atoms with Gasteiger partial charge in [-0.2, -0.15) is 0 Å². The van der Waals surface area contributed by atoms with E-state index in [-0.39, 0.29) is 5.91 Å². The van der Waals surface area contributed by atoms with Gasteiger partial charge in [-0.25, -0.2) is 0 Å². The maximum Gasteiger partial charge on any atom is 0.250 e. The lowest BCUT2D eigenvalue weighted by molar-refractivity contribution is -0.111. The molecule has 1 aromatic heterocycles. The van der Waals surface area contributed by atoms with Crippen LogP contribution < -0.4 is 14.8 Å². The second kappa shape index (κ2) is 7.56. The zero-order valence-electron chi connectivity index (χ0n) is 12.6. The summed E-state index contributed by atoms with van der Waals surface area (Å²) in [7, 11) is 1.58. The van der Waals surface area contributed by atoms with E-state index < -0.39 is 0 Å². The average Bonchev–Trinajstić information content (AvgIpc) is 2.91. The monoisotopic (exact) mass is 319 g/mol.